The number of benzene rings is 1. The first-order chi connectivity index (χ1) is 16.5. The van der Waals surface area contributed by atoms with Crippen LogP contribution in [0, 0.1) is 5.41 Å². The number of hydrogen-bond acceptors (Lipinski definition) is 6. The lowest BCUT2D eigenvalue weighted by Gasteiger charge is -2.52. The molecule has 4 amide bonds. The number of nitrogens with one attached hydrogen (secondary N) is 2. The summed E-state index contributed by atoms with van der Waals surface area (Å²) in [7, 11) is 0. The third-order valence-corrected chi connectivity index (χ3v) is 7.78. The first kappa shape index (κ1) is 23.6. The Morgan fingerprint density at radius 2 is 1.86 bits per heavy atom. The highest BCUT2D eigenvalue weighted by Gasteiger charge is 2.47. The first-order valence-corrected chi connectivity index (χ1v) is 12.5. The van der Waals surface area contributed by atoms with E-state index in [4.69, 9.17) is 4.74 Å². The average Bonchev–Trinajstić information content (AvgIpc) is 3.09. The summed E-state index contributed by atoms with van der Waals surface area (Å²) in [6.45, 7) is 7.46. The summed E-state index contributed by atoms with van der Waals surface area (Å²) in [6, 6.07) is 5.39. The van der Waals surface area contributed by atoms with E-state index in [2.05, 4.69) is 10.6 Å². The molecular formula is C26H34N4O5. The quantitative estimate of drug-likeness (QED) is 0.641. The monoisotopic (exact) mass is 482 g/mol. The van der Waals surface area contributed by atoms with Gasteiger partial charge in [-0.3, -0.25) is 19.7 Å². The maximum absolute atomic E-state index is 13.1. The van der Waals surface area contributed by atoms with Gasteiger partial charge in [0.1, 0.15) is 11.6 Å². The van der Waals surface area contributed by atoms with Crippen LogP contribution in [0.2, 0.25) is 0 Å². The fourth-order valence-corrected chi connectivity index (χ4v) is 5.93. The van der Waals surface area contributed by atoms with Crippen molar-refractivity contribution >= 4 is 29.5 Å². The molecule has 4 aliphatic rings. The van der Waals surface area contributed by atoms with Gasteiger partial charge in [0, 0.05) is 48.9 Å². The molecular weight excluding hydrogens is 448 g/mol. The van der Waals surface area contributed by atoms with Gasteiger partial charge < -0.3 is 19.9 Å². The van der Waals surface area contributed by atoms with E-state index < -0.39 is 17.6 Å². The third-order valence-electron chi connectivity index (χ3n) is 7.78. The van der Waals surface area contributed by atoms with Crippen molar-refractivity contribution in [2.75, 3.05) is 18.4 Å². The number of carbonyl (C=O) groups is 4. The zero-order valence-electron chi connectivity index (χ0n) is 20.7. The largest absolute Gasteiger partial charge is 0.444 e. The minimum absolute atomic E-state index is 0.155. The van der Waals surface area contributed by atoms with Crippen molar-refractivity contribution in [3.8, 4) is 0 Å². The van der Waals surface area contributed by atoms with E-state index >= 15 is 0 Å². The Labute approximate surface area is 205 Å². The number of rotatable bonds is 3. The van der Waals surface area contributed by atoms with Gasteiger partial charge in [0.05, 0.1) is 0 Å². The second-order valence-corrected chi connectivity index (χ2v) is 11.4. The van der Waals surface area contributed by atoms with E-state index in [9.17, 15) is 19.2 Å². The van der Waals surface area contributed by atoms with Crippen molar-refractivity contribution in [3.05, 3.63) is 29.3 Å². The van der Waals surface area contributed by atoms with Gasteiger partial charge in [-0.1, -0.05) is 6.07 Å². The van der Waals surface area contributed by atoms with Crippen LogP contribution in [0.5, 0.6) is 0 Å². The molecule has 1 aromatic carbocycles. The van der Waals surface area contributed by atoms with E-state index in [1.807, 2.05) is 43.9 Å². The lowest BCUT2D eigenvalue weighted by atomic mass is 9.60. The molecule has 9 heteroatoms. The highest BCUT2D eigenvalue weighted by atomic mass is 16.6. The second kappa shape index (κ2) is 8.53. The Balaban J connectivity index is 1.18. The van der Waals surface area contributed by atoms with Crippen LogP contribution >= 0.6 is 0 Å². The molecule has 2 saturated heterocycles. The van der Waals surface area contributed by atoms with Crippen molar-refractivity contribution in [3.63, 3.8) is 0 Å². The zero-order chi connectivity index (χ0) is 25.0. The molecule has 3 aliphatic heterocycles. The zero-order valence-corrected chi connectivity index (χ0v) is 20.7. The summed E-state index contributed by atoms with van der Waals surface area (Å²) in [5.74, 6) is -0.832. The number of anilines is 1. The molecule has 3 heterocycles. The van der Waals surface area contributed by atoms with Crippen LogP contribution in [0.3, 0.4) is 0 Å². The van der Waals surface area contributed by atoms with Crippen LogP contribution in [0.1, 0.15) is 75.2 Å². The third kappa shape index (κ3) is 4.60. The molecule has 9 nitrogen and oxygen atoms in total. The summed E-state index contributed by atoms with van der Waals surface area (Å²) in [5, 5.41) is 5.99. The molecule has 1 atom stereocenters. The Kier molecular flexibility index (Phi) is 5.76. The summed E-state index contributed by atoms with van der Waals surface area (Å²) in [4.78, 5) is 52.7. The molecule has 1 saturated carbocycles. The minimum Gasteiger partial charge on any atom is -0.444 e. The van der Waals surface area contributed by atoms with Crippen LogP contribution in [0.25, 0.3) is 0 Å². The number of nitrogens with zero attached hydrogens (tertiary/aromatic N) is 2. The van der Waals surface area contributed by atoms with Gasteiger partial charge in [-0.25, -0.2) is 4.79 Å². The summed E-state index contributed by atoms with van der Waals surface area (Å²) in [6.07, 6.45) is 4.38. The van der Waals surface area contributed by atoms with Gasteiger partial charge in [-0.05, 0) is 70.4 Å². The van der Waals surface area contributed by atoms with Crippen LogP contribution in [-0.2, 0) is 20.9 Å². The molecule has 35 heavy (non-hydrogen) atoms. The predicted octanol–water partition coefficient (Wildman–Crippen LogP) is 3.04. The van der Waals surface area contributed by atoms with E-state index in [1.165, 1.54) is 0 Å². The normalized spacial score (nSPS) is 24.2. The lowest BCUT2D eigenvalue weighted by molar-refractivity contribution is -0.136. The van der Waals surface area contributed by atoms with Crippen molar-refractivity contribution in [2.45, 2.75) is 83.5 Å². The van der Waals surface area contributed by atoms with Crippen LogP contribution in [-0.4, -0.2) is 64.4 Å². The molecule has 1 aliphatic carbocycles. The molecule has 2 N–H and O–H groups in total. The van der Waals surface area contributed by atoms with Crippen LogP contribution in [0.15, 0.2) is 18.2 Å². The predicted molar refractivity (Wildman–Crippen MR) is 129 cm³/mol. The maximum atomic E-state index is 13.1. The number of amides is 4. The molecule has 0 radical (unpaired) electrons. The molecule has 0 bridgehead atoms. The number of carbonyl (C=O) groups excluding carboxylic acids is 4. The Bertz CT molecular complexity index is 1060. The van der Waals surface area contributed by atoms with Gasteiger partial charge in [-0.15, -0.1) is 0 Å². The molecule has 5 rings (SSSR count). The Morgan fingerprint density at radius 3 is 2.51 bits per heavy atom. The molecule has 1 spiro atoms. The van der Waals surface area contributed by atoms with Gasteiger partial charge in [0.2, 0.25) is 11.8 Å². The second-order valence-electron chi connectivity index (χ2n) is 11.4. The van der Waals surface area contributed by atoms with Crippen molar-refractivity contribution < 1.29 is 23.9 Å². The number of fused-ring (bicyclic) bond motifs is 1. The SMILES string of the molecule is CC(C)(C)OC(=O)N1CCC2(CC1)CC(Nc1cccc3c1CN(C1CCC(=O)NC1=O)C3=O)C2. The highest BCUT2D eigenvalue weighted by molar-refractivity contribution is 6.06. The number of imide groups is 1. The topological polar surface area (TPSA) is 108 Å². The molecule has 188 valence electrons. The first-order valence-electron chi connectivity index (χ1n) is 12.5. The van der Waals surface area contributed by atoms with Crippen molar-refractivity contribution in [2.24, 2.45) is 5.41 Å². The van der Waals surface area contributed by atoms with E-state index in [1.54, 1.807) is 4.90 Å². The summed E-state index contributed by atoms with van der Waals surface area (Å²) < 4.78 is 5.51. The fraction of sp³-hybridized carbons (Fsp3) is 0.615. The van der Waals surface area contributed by atoms with Crippen molar-refractivity contribution in [1.29, 1.82) is 0 Å². The smallest absolute Gasteiger partial charge is 0.410 e. The van der Waals surface area contributed by atoms with Gasteiger partial charge in [0.15, 0.2) is 0 Å². The van der Waals surface area contributed by atoms with Crippen molar-refractivity contribution in [1.82, 2.24) is 15.1 Å². The van der Waals surface area contributed by atoms with Crippen LogP contribution < -0.4 is 10.6 Å². The number of ether oxygens (including phenoxy) is 1. The summed E-state index contributed by atoms with van der Waals surface area (Å²) >= 11 is 0. The Morgan fingerprint density at radius 1 is 1.14 bits per heavy atom. The number of hydrogen-bond donors (Lipinski definition) is 2. The summed E-state index contributed by atoms with van der Waals surface area (Å²) in [5.41, 5.74) is 2.25. The number of likely N-dealkylation sites (tertiary alicyclic amines) is 1. The van der Waals surface area contributed by atoms with E-state index in [0.29, 0.717) is 24.6 Å². The van der Waals surface area contributed by atoms with E-state index in [-0.39, 0.29) is 29.7 Å². The van der Waals surface area contributed by atoms with Crippen LogP contribution in [0.4, 0.5) is 10.5 Å². The van der Waals surface area contributed by atoms with Gasteiger partial charge in [0.25, 0.3) is 5.91 Å². The fourth-order valence-electron chi connectivity index (χ4n) is 5.93. The molecule has 3 fully saturated rings. The van der Waals surface area contributed by atoms with E-state index in [0.717, 1.165) is 50.0 Å². The Hall–Kier alpha value is -3.10. The minimum atomic E-state index is -0.609. The standard InChI is InChI=1S/C26H34N4O5/c1-25(2,3)35-24(34)29-11-9-26(10-12-29)13-16(14-26)27-19-6-4-5-17-18(19)15-30(23(17)33)20-7-8-21(31)28-22(20)32/h4-6,16,20,27H,7-15H2,1-3H3,(H,28,31,32). The van der Waals surface area contributed by atoms with Gasteiger partial charge in [-0.2, -0.15) is 0 Å². The lowest BCUT2D eigenvalue weighted by Crippen LogP contribution is -2.53. The molecule has 1 aromatic rings. The molecule has 1 unspecified atom stereocenters. The van der Waals surface area contributed by atoms with Gasteiger partial charge >= 0.3 is 6.09 Å². The maximum Gasteiger partial charge on any atom is 0.410 e. The average molecular weight is 483 g/mol. The highest BCUT2D eigenvalue weighted by Crippen LogP contribution is 2.50. The number of piperidine rings is 2. The molecule has 0 aromatic heterocycles.